The van der Waals surface area contributed by atoms with Crippen molar-refractivity contribution in [2.45, 2.75) is 17.3 Å². The Hall–Kier alpha value is -3.18. The molecule has 0 aliphatic rings. The summed E-state index contributed by atoms with van der Waals surface area (Å²) in [5, 5.41) is 23.6. The molecule has 0 saturated heterocycles. The molecule has 0 aliphatic carbocycles. The first kappa shape index (κ1) is 16.7. The second-order valence-electron chi connectivity index (χ2n) is 5.12. The van der Waals surface area contributed by atoms with Crippen LogP contribution in [0.3, 0.4) is 0 Å². The molecule has 0 aliphatic heterocycles. The third-order valence-corrected chi connectivity index (χ3v) is 4.43. The van der Waals surface area contributed by atoms with E-state index in [9.17, 15) is 4.79 Å². The molecule has 0 spiro atoms. The van der Waals surface area contributed by atoms with Crippen molar-refractivity contribution in [1.82, 2.24) is 20.2 Å². The van der Waals surface area contributed by atoms with Crippen LogP contribution in [0.4, 0.5) is 5.69 Å². The molecule has 1 N–H and O–H groups in total. The molecular formula is C17H14N6OS. The van der Waals surface area contributed by atoms with Crippen molar-refractivity contribution in [1.29, 1.82) is 5.26 Å². The number of hydrogen-bond donors (Lipinski definition) is 1. The molecule has 3 rings (SSSR count). The lowest BCUT2D eigenvalue weighted by Gasteiger charge is -2.12. The molecule has 0 saturated carbocycles. The van der Waals surface area contributed by atoms with Gasteiger partial charge in [-0.05, 0) is 41.6 Å². The maximum Gasteiger partial charge on any atom is 0.237 e. The van der Waals surface area contributed by atoms with Crippen LogP contribution in [-0.2, 0) is 4.79 Å². The van der Waals surface area contributed by atoms with Crippen LogP contribution >= 0.6 is 11.8 Å². The number of benzene rings is 2. The molecule has 0 bridgehead atoms. The van der Waals surface area contributed by atoms with Gasteiger partial charge in [-0.1, -0.05) is 42.1 Å². The van der Waals surface area contributed by atoms with Gasteiger partial charge >= 0.3 is 0 Å². The predicted molar refractivity (Wildman–Crippen MR) is 94.3 cm³/mol. The third kappa shape index (κ3) is 3.84. The van der Waals surface area contributed by atoms with Crippen molar-refractivity contribution in [3.63, 3.8) is 0 Å². The molecule has 1 atom stereocenters. The molecule has 2 aromatic carbocycles. The Morgan fingerprint density at radius 3 is 2.68 bits per heavy atom. The van der Waals surface area contributed by atoms with Crippen LogP contribution in [0.25, 0.3) is 5.69 Å². The molecule has 1 aromatic heterocycles. The van der Waals surface area contributed by atoms with E-state index in [1.807, 2.05) is 30.3 Å². The van der Waals surface area contributed by atoms with Gasteiger partial charge in [-0.15, -0.1) is 5.10 Å². The quantitative estimate of drug-likeness (QED) is 0.711. The molecule has 124 valence electrons. The van der Waals surface area contributed by atoms with Crippen LogP contribution < -0.4 is 5.32 Å². The molecule has 0 fully saturated rings. The normalized spacial score (nSPS) is 11.5. The third-order valence-electron chi connectivity index (χ3n) is 3.40. The van der Waals surface area contributed by atoms with E-state index in [0.29, 0.717) is 16.4 Å². The van der Waals surface area contributed by atoms with E-state index < -0.39 is 5.25 Å². The topological polar surface area (TPSA) is 96.5 Å². The Morgan fingerprint density at radius 1 is 1.20 bits per heavy atom. The predicted octanol–water partition coefficient (Wildman–Crippen LogP) is 2.65. The van der Waals surface area contributed by atoms with E-state index >= 15 is 0 Å². The standard InChI is InChI=1S/C17H14N6OS/c1-12(16(24)19-15-10-6-5-7-13(15)11-18)25-17-20-21-22-23(17)14-8-3-2-4-9-14/h2-10,12H,1H3,(H,19,24). The summed E-state index contributed by atoms with van der Waals surface area (Å²) >= 11 is 1.24. The zero-order chi connectivity index (χ0) is 17.6. The van der Waals surface area contributed by atoms with Gasteiger partial charge in [0.2, 0.25) is 11.1 Å². The van der Waals surface area contributed by atoms with E-state index in [4.69, 9.17) is 5.26 Å². The largest absolute Gasteiger partial charge is 0.324 e. The SMILES string of the molecule is CC(Sc1nnnn1-c1ccccc1)C(=O)Nc1ccccc1C#N. The maximum atomic E-state index is 12.4. The maximum absolute atomic E-state index is 12.4. The van der Waals surface area contributed by atoms with E-state index in [1.54, 1.807) is 35.9 Å². The number of anilines is 1. The molecule has 1 unspecified atom stereocenters. The van der Waals surface area contributed by atoms with Crippen LogP contribution in [-0.4, -0.2) is 31.4 Å². The minimum Gasteiger partial charge on any atom is -0.324 e. The number of thioether (sulfide) groups is 1. The first-order chi connectivity index (χ1) is 12.2. The Kier molecular flexibility index (Phi) is 5.06. The number of amides is 1. The van der Waals surface area contributed by atoms with Gasteiger partial charge in [-0.2, -0.15) is 9.94 Å². The van der Waals surface area contributed by atoms with E-state index in [2.05, 4.69) is 26.9 Å². The minimum absolute atomic E-state index is 0.227. The molecule has 1 heterocycles. The van der Waals surface area contributed by atoms with Gasteiger partial charge in [0.1, 0.15) is 6.07 Å². The number of para-hydroxylation sites is 2. The lowest BCUT2D eigenvalue weighted by atomic mass is 10.2. The summed E-state index contributed by atoms with van der Waals surface area (Å²) in [5.74, 6) is -0.227. The Labute approximate surface area is 148 Å². The first-order valence-corrected chi connectivity index (χ1v) is 8.37. The van der Waals surface area contributed by atoms with Crippen molar-refractivity contribution in [2.75, 3.05) is 5.32 Å². The van der Waals surface area contributed by atoms with Crippen LogP contribution in [0.2, 0.25) is 0 Å². The summed E-state index contributed by atoms with van der Waals surface area (Å²) in [4.78, 5) is 12.4. The highest BCUT2D eigenvalue weighted by molar-refractivity contribution is 8.00. The monoisotopic (exact) mass is 350 g/mol. The second kappa shape index (κ2) is 7.59. The zero-order valence-corrected chi connectivity index (χ0v) is 14.1. The Balaban J connectivity index is 1.73. The highest BCUT2D eigenvalue weighted by atomic mass is 32.2. The van der Waals surface area contributed by atoms with E-state index in [1.165, 1.54) is 11.8 Å². The van der Waals surface area contributed by atoms with Crippen molar-refractivity contribution in [2.24, 2.45) is 0 Å². The molecule has 1 amide bonds. The van der Waals surface area contributed by atoms with Crippen molar-refractivity contribution in [3.05, 3.63) is 60.2 Å². The molecule has 0 radical (unpaired) electrons. The van der Waals surface area contributed by atoms with Gasteiger partial charge in [-0.25, -0.2) is 0 Å². The summed E-state index contributed by atoms with van der Waals surface area (Å²) < 4.78 is 1.58. The Bertz CT molecular complexity index is 918. The van der Waals surface area contributed by atoms with Gasteiger partial charge in [-0.3, -0.25) is 4.79 Å². The molecule has 3 aromatic rings. The number of carbonyl (C=O) groups is 1. The highest BCUT2D eigenvalue weighted by Crippen LogP contribution is 2.24. The van der Waals surface area contributed by atoms with Crippen LogP contribution in [0.15, 0.2) is 59.8 Å². The molecule has 8 heteroatoms. The average molecular weight is 350 g/mol. The second-order valence-corrected chi connectivity index (χ2v) is 6.42. The smallest absolute Gasteiger partial charge is 0.237 e. The molecular weight excluding hydrogens is 336 g/mol. The van der Waals surface area contributed by atoms with E-state index in [-0.39, 0.29) is 5.91 Å². The van der Waals surface area contributed by atoms with Crippen molar-refractivity contribution < 1.29 is 4.79 Å². The summed E-state index contributed by atoms with van der Waals surface area (Å²) in [5.41, 5.74) is 1.73. The van der Waals surface area contributed by atoms with E-state index in [0.717, 1.165) is 5.69 Å². The van der Waals surface area contributed by atoms with Crippen LogP contribution in [0.1, 0.15) is 12.5 Å². The van der Waals surface area contributed by atoms with Crippen molar-refractivity contribution in [3.8, 4) is 11.8 Å². The Morgan fingerprint density at radius 2 is 1.92 bits per heavy atom. The van der Waals surface area contributed by atoms with Crippen LogP contribution in [0.5, 0.6) is 0 Å². The van der Waals surface area contributed by atoms with Gasteiger partial charge in [0.05, 0.1) is 22.2 Å². The summed E-state index contributed by atoms with van der Waals surface area (Å²) in [6, 6.07) is 18.4. The summed E-state index contributed by atoms with van der Waals surface area (Å²) in [6.45, 7) is 1.76. The number of tetrazole rings is 1. The lowest BCUT2D eigenvalue weighted by Crippen LogP contribution is -2.23. The lowest BCUT2D eigenvalue weighted by molar-refractivity contribution is -0.115. The van der Waals surface area contributed by atoms with Gasteiger partial charge in [0, 0.05) is 0 Å². The fraction of sp³-hybridized carbons (Fsp3) is 0.118. The zero-order valence-electron chi connectivity index (χ0n) is 13.3. The summed E-state index contributed by atoms with van der Waals surface area (Å²) in [6.07, 6.45) is 0. The number of nitrogens with zero attached hydrogens (tertiary/aromatic N) is 5. The fourth-order valence-corrected chi connectivity index (χ4v) is 2.93. The van der Waals surface area contributed by atoms with Gasteiger partial charge in [0.25, 0.3) is 0 Å². The first-order valence-electron chi connectivity index (χ1n) is 7.49. The number of aromatic nitrogens is 4. The fourth-order valence-electron chi connectivity index (χ4n) is 2.12. The molecule has 7 nitrogen and oxygen atoms in total. The molecule has 25 heavy (non-hydrogen) atoms. The number of nitrogens with one attached hydrogen (secondary N) is 1. The number of hydrogen-bond acceptors (Lipinski definition) is 6. The van der Waals surface area contributed by atoms with Crippen molar-refractivity contribution >= 4 is 23.4 Å². The highest BCUT2D eigenvalue weighted by Gasteiger charge is 2.20. The van der Waals surface area contributed by atoms with Gasteiger partial charge < -0.3 is 5.32 Å². The number of carbonyl (C=O) groups excluding carboxylic acids is 1. The minimum atomic E-state index is -0.444. The summed E-state index contributed by atoms with van der Waals surface area (Å²) in [7, 11) is 0. The van der Waals surface area contributed by atoms with Crippen LogP contribution in [0, 0.1) is 11.3 Å². The number of rotatable bonds is 5. The number of nitriles is 1. The average Bonchev–Trinajstić information content (AvgIpc) is 3.11. The van der Waals surface area contributed by atoms with Gasteiger partial charge in [0.15, 0.2) is 0 Å².